The number of hydrogen-bond acceptors (Lipinski definition) is 2. The largest absolute Gasteiger partial charge is 0.314 e. The Hall–Kier alpha value is -0.0800. The van der Waals surface area contributed by atoms with E-state index in [0.717, 1.165) is 24.5 Å². The van der Waals surface area contributed by atoms with Crippen molar-refractivity contribution in [1.82, 2.24) is 10.2 Å². The SMILES string of the molecule is CCCC1CCN(C2CCC(NCC)CC2)C1. The molecule has 1 saturated carbocycles. The van der Waals surface area contributed by atoms with Crippen molar-refractivity contribution >= 4 is 0 Å². The van der Waals surface area contributed by atoms with Crippen molar-refractivity contribution in [2.75, 3.05) is 19.6 Å². The minimum Gasteiger partial charge on any atom is -0.314 e. The molecule has 1 heterocycles. The molecule has 2 rings (SSSR count). The van der Waals surface area contributed by atoms with Crippen LogP contribution in [0.4, 0.5) is 0 Å². The van der Waals surface area contributed by atoms with Crippen LogP contribution in [0.5, 0.6) is 0 Å². The van der Waals surface area contributed by atoms with Crippen LogP contribution in [0.2, 0.25) is 0 Å². The highest BCUT2D eigenvalue weighted by atomic mass is 15.2. The Morgan fingerprint density at radius 2 is 1.82 bits per heavy atom. The molecule has 1 atom stereocenters. The molecular weight excluding hydrogens is 208 g/mol. The molecule has 1 unspecified atom stereocenters. The summed E-state index contributed by atoms with van der Waals surface area (Å²) in [5.74, 6) is 1.01. The van der Waals surface area contributed by atoms with Gasteiger partial charge in [-0.05, 0) is 57.5 Å². The lowest BCUT2D eigenvalue weighted by Crippen LogP contribution is -2.41. The number of hydrogen-bond donors (Lipinski definition) is 1. The van der Waals surface area contributed by atoms with Gasteiger partial charge in [0.15, 0.2) is 0 Å². The molecule has 0 amide bonds. The van der Waals surface area contributed by atoms with Gasteiger partial charge in [0.1, 0.15) is 0 Å². The lowest BCUT2D eigenvalue weighted by molar-refractivity contribution is 0.168. The number of likely N-dealkylation sites (tertiary alicyclic amines) is 1. The molecule has 17 heavy (non-hydrogen) atoms. The highest BCUT2D eigenvalue weighted by Crippen LogP contribution is 2.29. The first-order valence-electron chi connectivity index (χ1n) is 7.80. The van der Waals surface area contributed by atoms with Gasteiger partial charge in [-0.2, -0.15) is 0 Å². The van der Waals surface area contributed by atoms with Crippen LogP contribution in [0.3, 0.4) is 0 Å². The third-order valence-electron chi connectivity index (χ3n) is 4.72. The molecule has 2 nitrogen and oxygen atoms in total. The summed E-state index contributed by atoms with van der Waals surface area (Å²) in [6.07, 6.45) is 9.92. The van der Waals surface area contributed by atoms with Gasteiger partial charge in [0.05, 0.1) is 0 Å². The molecule has 0 bridgehead atoms. The smallest absolute Gasteiger partial charge is 0.00965 e. The van der Waals surface area contributed by atoms with Gasteiger partial charge in [-0.15, -0.1) is 0 Å². The fraction of sp³-hybridized carbons (Fsp3) is 1.00. The van der Waals surface area contributed by atoms with Crippen molar-refractivity contribution in [2.24, 2.45) is 5.92 Å². The number of nitrogens with one attached hydrogen (secondary N) is 1. The Balaban J connectivity index is 1.70. The number of rotatable bonds is 5. The molecule has 100 valence electrons. The van der Waals surface area contributed by atoms with Gasteiger partial charge < -0.3 is 10.2 Å². The third kappa shape index (κ3) is 3.69. The van der Waals surface area contributed by atoms with Gasteiger partial charge >= 0.3 is 0 Å². The quantitative estimate of drug-likeness (QED) is 0.792. The van der Waals surface area contributed by atoms with Gasteiger partial charge in [-0.1, -0.05) is 20.3 Å². The second kappa shape index (κ2) is 6.75. The fourth-order valence-corrected chi connectivity index (χ4v) is 3.77. The van der Waals surface area contributed by atoms with Gasteiger partial charge in [-0.25, -0.2) is 0 Å². The van der Waals surface area contributed by atoms with Crippen LogP contribution in [0, 0.1) is 5.92 Å². The lowest BCUT2D eigenvalue weighted by atomic mass is 9.90. The van der Waals surface area contributed by atoms with E-state index in [1.807, 2.05) is 0 Å². The van der Waals surface area contributed by atoms with Gasteiger partial charge in [0, 0.05) is 18.6 Å². The van der Waals surface area contributed by atoms with Crippen molar-refractivity contribution < 1.29 is 0 Å². The minimum atomic E-state index is 0.810. The zero-order valence-corrected chi connectivity index (χ0v) is 11.8. The summed E-state index contributed by atoms with van der Waals surface area (Å²) in [5, 5.41) is 3.61. The second-order valence-corrected chi connectivity index (χ2v) is 6.00. The summed E-state index contributed by atoms with van der Waals surface area (Å²) in [5.41, 5.74) is 0. The Bertz CT molecular complexity index is 209. The normalized spacial score (nSPS) is 35.3. The molecule has 2 aliphatic rings. The summed E-state index contributed by atoms with van der Waals surface area (Å²) in [6.45, 7) is 8.45. The standard InChI is InChI=1S/C15H30N2/c1-3-5-13-10-11-17(12-13)15-8-6-14(7-9-15)16-4-2/h13-16H,3-12H2,1-2H3. The van der Waals surface area contributed by atoms with E-state index < -0.39 is 0 Å². The molecule has 2 heteroatoms. The molecule has 1 N–H and O–H groups in total. The maximum atomic E-state index is 3.61. The first kappa shape index (κ1) is 13.4. The average molecular weight is 238 g/mol. The summed E-state index contributed by atoms with van der Waals surface area (Å²) in [6, 6.07) is 1.72. The zero-order chi connectivity index (χ0) is 12.1. The van der Waals surface area contributed by atoms with E-state index in [2.05, 4.69) is 24.1 Å². The molecule has 2 fully saturated rings. The molecule has 0 aromatic heterocycles. The Labute approximate surface area is 107 Å². The predicted octanol–water partition coefficient (Wildman–Crippen LogP) is 3.03. The Kier molecular flexibility index (Phi) is 5.30. The first-order chi connectivity index (χ1) is 8.33. The summed E-state index contributed by atoms with van der Waals surface area (Å²) in [7, 11) is 0. The Morgan fingerprint density at radius 1 is 1.06 bits per heavy atom. The topological polar surface area (TPSA) is 15.3 Å². The van der Waals surface area contributed by atoms with Crippen LogP contribution in [0.15, 0.2) is 0 Å². The van der Waals surface area contributed by atoms with E-state index in [1.165, 1.54) is 58.0 Å². The number of nitrogens with zero attached hydrogens (tertiary/aromatic N) is 1. The monoisotopic (exact) mass is 238 g/mol. The van der Waals surface area contributed by atoms with Crippen LogP contribution in [0.1, 0.15) is 58.8 Å². The van der Waals surface area contributed by atoms with Crippen molar-refractivity contribution in [3.05, 3.63) is 0 Å². The maximum absolute atomic E-state index is 3.61. The first-order valence-corrected chi connectivity index (χ1v) is 7.80. The van der Waals surface area contributed by atoms with Crippen molar-refractivity contribution in [3.8, 4) is 0 Å². The van der Waals surface area contributed by atoms with E-state index in [1.54, 1.807) is 0 Å². The van der Waals surface area contributed by atoms with Gasteiger partial charge in [0.2, 0.25) is 0 Å². The van der Waals surface area contributed by atoms with Crippen LogP contribution in [0.25, 0.3) is 0 Å². The van der Waals surface area contributed by atoms with Crippen molar-refractivity contribution in [1.29, 1.82) is 0 Å². The second-order valence-electron chi connectivity index (χ2n) is 6.00. The van der Waals surface area contributed by atoms with Crippen LogP contribution < -0.4 is 5.32 Å². The third-order valence-corrected chi connectivity index (χ3v) is 4.72. The fourth-order valence-electron chi connectivity index (χ4n) is 3.77. The highest BCUT2D eigenvalue weighted by molar-refractivity contribution is 4.86. The molecule has 0 aromatic carbocycles. The highest BCUT2D eigenvalue weighted by Gasteiger charge is 2.30. The molecule has 1 aliphatic heterocycles. The molecule has 0 spiro atoms. The van der Waals surface area contributed by atoms with E-state index >= 15 is 0 Å². The van der Waals surface area contributed by atoms with Gasteiger partial charge in [-0.3, -0.25) is 0 Å². The van der Waals surface area contributed by atoms with Crippen LogP contribution in [-0.4, -0.2) is 36.6 Å². The van der Waals surface area contributed by atoms with E-state index in [4.69, 9.17) is 0 Å². The predicted molar refractivity (Wildman–Crippen MR) is 74.3 cm³/mol. The zero-order valence-electron chi connectivity index (χ0n) is 11.8. The lowest BCUT2D eigenvalue weighted by Gasteiger charge is -2.35. The maximum Gasteiger partial charge on any atom is 0.00965 e. The molecule has 0 radical (unpaired) electrons. The summed E-state index contributed by atoms with van der Waals surface area (Å²) in [4.78, 5) is 2.79. The molecular formula is C15H30N2. The van der Waals surface area contributed by atoms with E-state index in [0.29, 0.717) is 0 Å². The summed E-state index contributed by atoms with van der Waals surface area (Å²) >= 11 is 0. The molecule has 1 aliphatic carbocycles. The van der Waals surface area contributed by atoms with Crippen molar-refractivity contribution in [3.63, 3.8) is 0 Å². The van der Waals surface area contributed by atoms with E-state index in [-0.39, 0.29) is 0 Å². The molecule has 0 aromatic rings. The van der Waals surface area contributed by atoms with Gasteiger partial charge in [0.25, 0.3) is 0 Å². The van der Waals surface area contributed by atoms with Crippen molar-refractivity contribution in [2.45, 2.75) is 70.9 Å². The van der Waals surface area contributed by atoms with Crippen LogP contribution >= 0.6 is 0 Å². The van der Waals surface area contributed by atoms with E-state index in [9.17, 15) is 0 Å². The Morgan fingerprint density at radius 3 is 2.47 bits per heavy atom. The van der Waals surface area contributed by atoms with Crippen LogP contribution in [-0.2, 0) is 0 Å². The minimum absolute atomic E-state index is 0.810. The molecule has 1 saturated heterocycles. The summed E-state index contributed by atoms with van der Waals surface area (Å²) < 4.78 is 0. The average Bonchev–Trinajstić information content (AvgIpc) is 2.80.